The number of nitrogens with zero attached hydrogens (tertiary/aromatic N) is 1. The first-order chi connectivity index (χ1) is 8.09. The molecule has 98 valence electrons. The lowest BCUT2D eigenvalue weighted by atomic mass is 9.99. The van der Waals surface area contributed by atoms with Crippen LogP contribution in [0.2, 0.25) is 0 Å². The van der Waals surface area contributed by atoms with Crippen LogP contribution in [0.5, 0.6) is 0 Å². The molecule has 1 atom stereocenters. The van der Waals surface area contributed by atoms with Crippen LogP contribution in [0.3, 0.4) is 0 Å². The van der Waals surface area contributed by atoms with Crippen molar-refractivity contribution < 1.29 is 9.90 Å². The van der Waals surface area contributed by atoms with Gasteiger partial charge < -0.3 is 20.6 Å². The number of hydrogen-bond donors (Lipinski definition) is 3. The number of hydrogen-bond acceptors (Lipinski definition) is 3. The van der Waals surface area contributed by atoms with E-state index in [4.69, 9.17) is 0 Å². The van der Waals surface area contributed by atoms with Crippen molar-refractivity contribution in [2.24, 2.45) is 5.92 Å². The highest BCUT2D eigenvalue weighted by Crippen LogP contribution is 2.16. The Morgan fingerprint density at radius 3 is 2.82 bits per heavy atom. The predicted molar refractivity (Wildman–Crippen MR) is 65.8 cm³/mol. The molecular formula is C12H23N3O2. The average molecular weight is 241 g/mol. The van der Waals surface area contributed by atoms with Crippen LogP contribution in [-0.2, 0) is 0 Å². The van der Waals surface area contributed by atoms with E-state index in [1.165, 1.54) is 0 Å². The van der Waals surface area contributed by atoms with Crippen molar-refractivity contribution in [2.75, 3.05) is 32.7 Å². The number of rotatable bonds is 2. The van der Waals surface area contributed by atoms with Crippen molar-refractivity contribution in [3.63, 3.8) is 0 Å². The number of urea groups is 1. The van der Waals surface area contributed by atoms with Gasteiger partial charge in [0.05, 0.1) is 5.60 Å². The maximum Gasteiger partial charge on any atom is 0.317 e. The zero-order valence-electron chi connectivity index (χ0n) is 10.5. The fourth-order valence-corrected chi connectivity index (χ4v) is 2.45. The molecule has 0 aliphatic carbocycles. The molecule has 1 unspecified atom stereocenters. The second-order valence-corrected chi connectivity index (χ2v) is 5.48. The minimum atomic E-state index is -0.751. The highest BCUT2D eigenvalue weighted by Gasteiger charge is 2.32. The van der Waals surface area contributed by atoms with Gasteiger partial charge in [0.15, 0.2) is 0 Å². The van der Waals surface area contributed by atoms with Gasteiger partial charge in [0.1, 0.15) is 0 Å². The minimum absolute atomic E-state index is 0.0303. The van der Waals surface area contributed by atoms with Gasteiger partial charge in [-0.25, -0.2) is 4.79 Å². The first-order valence-electron chi connectivity index (χ1n) is 6.55. The van der Waals surface area contributed by atoms with E-state index in [-0.39, 0.29) is 6.03 Å². The highest BCUT2D eigenvalue weighted by molar-refractivity contribution is 5.74. The molecule has 0 aromatic carbocycles. The van der Waals surface area contributed by atoms with E-state index in [2.05, 4.69) is 17.6 Å². The molecule has 2 rings (SSSR count). The van der Waals surface area contributed by atoms with E-state index in [0.717, 1.165) is 38.4 Å². The molecule has 0 saturated carbocycles. The topological polar surface area (TPSA) is 64.6 Å². The largest absolute Gasteiger partial charge is 0.387 e. The summed E-state index contributed by atoms with van der Waals surface area (Å²) in [4.78, 5) is 13.7. The number of aliphatic hydroxyl groups is 1. The van der Waals surface area contributed by atoms with Gasteiger partial charge in [0.25, 0.3) is 0 Å². The summed E-state index contributed by atoms with van der Waals surface area (Å²) in [5.74, 6) is 0.724. The molecule has 2 amide bonds. The Kier molecular flexibility index (Phi) is 3.89. The second-order valence-electron chi connectivity index (χ2n) is 5.48. The Morgan fingerprint density at radius 1 is 1.53 bits per heavy atom. The van der Waals surface area contributed by atoms with E-state index in [1.807, 2.05) is 4.90 Å². The Bertz CT molecular complexity index is 269. The normalized spacial score (nSPS) is 30.6. The second kappa shape index (κ2) is 5.23. The first-order valence-corrected chi connectivity index (χ1v) is 6.55. The summed E-state index contributed by atoms with van der Waals surface area (Å²) in [6, 6.07) is -0.0303. The number of carbonyl (C=O) groups excluding carboxylic acids is 1. The number of nitrogens with one attached hydrogen (secondary N) is 2. The van der Waals surface area contributed by atoms with E-state index in [0.29, 0.717) is 19.5 Å². The number of carbonyl (C=O) groups is 1. The first kappa shape index (κ1) is 12.6. The van der Waals surface area contributed by atoms with Crippen LogP contribution < -0.4 is 10.6 Å². The van der Waals surface area contributed by atoms with Crippen LogP contribution in [0.25, 0.3) is 0 Å². The summed E-state index contributed by atoms with van der Waals surface area (Å²) in [6.07, 6.45) is 2.88. The molecule has 2 aliphatic rings. The predicted octanol–water partition coefficient (Wildman–Crippen LogP) is 0.152. The summed E-state index contributed by atoms with van der Waals surface area (Å²) < 4.78 is 0. The molecule has 17 heavy (non-hydrogen) atoms. The molecule has 3 N–H and O–H groups in total. The van der Waals surface area contributed by atoms with Crippen molar-refractivity contribution in [1.29, 1.82) is 0 Å². The summed E-state index contributed by atoms with van der Waals surface area (Å²) in [5.41, 5.74) is -0.751. The van der Waals surface area contributed by atoms with Gasteiger partial charge in [-0.1, -0.05) is 6.92 Å². The number of likely N-dealkylation sites (tertiary alicyclic amines) is 1. The maximum absolute atomic E-state index is 11.9. The zero-order valence-corrected chi connectivity index (χ0v) is 10.5. The van der Waals surface area contributed by atoms with Crippen LogP contribution in [-0.4, -0.2) is 54.4 Å². The van der Waals surface area contributed by atoms with Crippen LogP contribution in [0, 0.1) is 5.92 Å². The van der Waals surface area contributed by atoms with Crippen molar-refractivity contribution in [3.05, 3.63) is 0 Å². The molecule has 0 radical (unpaired) electrons. The molecule has 0 spiro atoms. The Morgan fingerprint density at radius 2 is 2.24 bits per heavy atom. The van der Waals surface area contributed by atoms with Gasteiger partial charge >= 0.3 is 6.03 Å². The minimum Gasteiger partial charge on any atom is -0.387 e. The Balaban J connectivity index is 1.73. The molecule has 0 bridgehead atoms. The third-order valence-electron chi connectivity index (χ3n) is 3.86. The van der Waals surface area contributed by atoms with E-state index in [1.54, 1.807) is 0 Å². The van der Waals surface area contributed by atoms with E-state index in [9.17, 15) is 9.90 Å². The summed E-state index contributed by atoms with van der Waals surface area (Å²) >= 11 is 0. The van der Waals surface area contributed by atoms with Gasteiger partial charge in [-0.2, -0.15) is 0 Å². The quantitative estimate of drug-likeness (QED) is 0.645. The summed E-state index contributed by atoms with van der Waals surface area (Å²) in [6.45, 7) is 5.65. The average Bonchev–Trinajstić information content (AvgIpc) is 2.75. The van der Waals surface area contributed by atoms with Gasteiger partial charge in [0.2, 0.25) is 0 Å². The summed E-state index contributed by atoms with van der Waals surface area (Å²) in [7, 11) is 0. The number of β-amino-alcohol motifs (C(OH)–C–C–N with tert-alkyl or cyclic N) is 1. The van der Waals surface area contributed by atoms with Crippen LogP contribution >= 0.6 is 0 Å². The SMILES string of the molecule is CC1CCN(C(=O)NCC2(O)CCNC2)CC1. The van der Waals surface area contributed by atoms with E-state index < -0.39 is 5.60 Å². The lowest BCUT2D eigenvalue weighted by Crippen LogP contribution is -2.50. The van der Waals surface area contributed by atoms with Gasteiger partial charge in [-0.15, -0.1) is 0 Å². The number of piperidine rings is 1. The van der Waals surface area contributed by atoms with Gasteiger partial charge in [0, 0.05) is 26.2 Å². The maximum atomic E-state index is 11.9. The molecule has 2 fully saturated rings. The lowest BCUT2D eigenvalue weighted by molar-refractivity contribution is 0.0609. The van der Waals surface area contributed by atoms with Gasteiger partial charge in [-0.3, -0.25) is 0 Å². The van der Waals surface area contributed by atoms with Crippen molar-refractivity contribution in [2.45, 2.75) is 31.8 Å². The van der Waals surface area contributed by atoms with Crippen LogP contribution in [0.15, 0.2) is 0 Å². The molecule has 0 aromatic rings. The Labute approximate surface area is 103 Å². The third kappa shape index (κ3) is 3.33. The van der Waals surface area contributed by atoms with Crippen LogP contribution in [0.4, 0.5) is 4.79 Å². The fraction of sp³-hybridized carbons (Fsp3) is 0.917. The molecule has 2 aliphatic heterocycles. The monoisotopic (exact) mass is 241 g/mol. The summed E-state index contributed by atoms with van der Waals surface area (Å²) in [5, 5.41) is 16.0. The molecule has 5 heteroatoms. The molecule has 2 heterocycles. The van der Waals surface area contributed by atoms with Crippen molar-refractivity contribution in [1.82, 2.24) is 15.5 Å². The van der Waals surface area contributed by atoms with Crippen molar-refractivity contribution >= 4 is 6.03 Å². The molecule has 0 aromatic heterocycles. The lowest BCUT2D eigenvalue weighted by Gasteiger charge is -2.31. The number of amides is 2. The highest BCUT2D eigenvalue weighted by atomic mass is 16.3. The standard InChI is InChI=1S/C12H23N3O2/c1-10-2-6-15(7-3-10)11(16)14-9-12(17)4-5-13-8-12/h10,13,17H,2-9H2,1H3,(H,14,16). The Hall–Kier alpha value is -0.810. The van der Waals surface area contributed by atoms with Crippen molar-refractivity contribution in [3.8, 4) is 0 Å². The smallest absolute Gasteiger partial charge is 0.317 e. The fourth-order valence-electron chi connectivity index (χ4n) is 2.45. The van der Waals surface area contributed by atoms with Crippen LogP contribution in [0.1, 0.15) is 26.2 Å². The zero-order chi connectivity index (χ0) is 12.3. The third-order valence-corrected chi connectivity index (χ3v) is 3.86. The molecule has 5 nitrogen and oxygen atoms in total. The van der Waals surface area contributed by atoms with E-state index >= 15 is 0 Å². The van der Waals surface area contributed by atoms with Gasteiger partial charge in [-0.05, 0) is 31.7 Å². The molecule has 2 saturated heterocycles. The molecular weight excluding hydrogens is 218 g/mol.